The minimum Gasteiger partial charge on any atom is -0.480 e. The number of carbonyl (C=O) groups excluding carboxylic acids is 4. The van der Waals surface area contributed by atoms with E-state index in [1.54, 1.807) is 6.20 Å². The quantitative estimate of drug-likeness (QED) is 0.0433. The first kappa shape index (κ1) is 33.1. The molecule has 0 aliphatic carbocycles. The minimum absolute atomic E-state index is 0.00273. The average molecular weight is 612 g/mol. The maximum atomic E-state index is 13.3. The second kappa shape index (κ2) is 15.7. The zero-order valence-electron chi connectivity index (χ0n) is 23.8. The van der Waals surface area contributed by atoms with E-state index in [0.717, 1.165) is 16.5 Å². The molecule has 4 unspecified atom stereocenters. The molecule has 17 heteroatoms. The lowest BCUT2D eigenvalue weighted by Gasteiger charge is -2.24. The van der Waals surface area contributed by atoms with Crippen LogP contribution in [0.1, 0.15) is 30.5 Å². The largest absolute Gasteiger partial charge is 0.480 e. The van der Waals surface area contributed by atoms with Gasteiger partial charge >= 0.3 is 5.97 Å². The second-order valence-electron chi connectivity index (χ2n) is 10.1. The molecule has 2 aromatic heterocycles. The van der Waals surface area contributed by atoms with Crippen LogP contribution in [0.4, 0.5) is 0 Å². The molecule has 14 N–H and O–H groups in total. The van der Waals surface area contributed by atoms with Crippen LogP contribution in [0.3, 0.4) is 0 Å². The number of guanidine groups is 1. The summed E-state index contributed by atoms with van der Waals surface area (Å²) in [5, 5.41) is 17.8. The molecule has 0 fully saturated rings. The lowest BCUT2D eigenvalue weighted by atomic mass is 10.0. The van der Waals surface area contributed by atoms with Crippen molar-refractivity contribution in [1.82, 2.24) is 30.9 Å². The van der Waals surface area contributed by atoms with Crippen molar-refractivity contribution >= 4 is 46.5 Å². The van der Waals surface area contributed by atoms with Gasteiger partial charge in [-0.2, -0.15) is 0 Å². The number of hydrogen-bond acceptors (Lipinski definition) is 8. The zero-order valence-corrected chi connectivity index (χ0v) is 23.8. The lowest BCUT2D eigenvalue weighted by molar-refractivity contribution is -0.142. The molecule has 0 saturated heterocycles. The fourth-order valence-electron chi connectivity index (χ4n) is 4.45. The van der Waals surface area contributed by atoms with E-state index >= 15 is 0 Å². The molecule has 4 amide bonds. The van der Waals surface area contributed by atoms with Crippen molar-refractivity contribution in [3.05, 3.63) is 54.2 Å². The smallest absolute Gasteiger partial charge is 0.326 e. The molecule has 1 aromatic carbocycles. The molecule has 0 radical (unpaired) electrons. The first-order valence-electron chi connectivity index (χ1n) is 13.7. The Balaban J connectivity index is 1.71. The summed E-state index contributed by atoms with van der Waals surface area (Å²) < 4.78 is 0. The van der Waals surface area contributed by atoms with Crippen molar-refractivity contribution in [2.75, 3.05) is 6.54 Å². The highest BCUT2D eigenvalue weighted by molar-refractivity contribution is 5.96. The Hall–Kier alpha value is -5.45. The van der Waals surface area contributed by atoms with Crippen LogP contribution >= 0.6 is 0 Å². The van der Waals surface area contributed by atoms with Crippen LogP contribution in [0, 0.1) is 0 Å². The number of para-hydroxylation sites is 1. The number of carbonyl (C=O) groups is 5. The van der Waals surface area contributed by atoms with Gasteiger partial charge < -0.3 is 54.0 Å². The number of nitrogens with one attached hydrogen (secondary N) is 5. The Kier molecular flexibility index (Phi) is 11.8. The number of nitrogens with two attached hydrogens (primary N) is 4. The molecule has 0 spiro atoms. The highest BCUT2D eigenvalue weighted by Gasteiger charge is 2.31. The Morgan fingerprint density at radius 2 is 1.59 bits per heavy atom. The number of benzene rings is 1. The molecule has 3 aromatic rings. The molecule has 2 heterocycles. The van der Waals surface area contributed by atoms with Crippen molar-refractivity contribution in [2.45, 2.75) is 56.3 Å². The van der Waals surface area contributed by atoms with Gasteiger partial charge in [-0.05, 0) is 30.9 Å². The Morgan fingerprint density at radius 1 is 0.909 bits per heavy atom. The summed E-state index contributed by atoms with van der Waals surface area (Å²) >= 11 is 0. The van der Waals surface area contributed by atoms with Gasteiger partial charge in [0.15, 0.2) is 5.96 Å². The molecule has 0 aliphatic rings. The molecule has 0 bridgehead atoms. The highest BCUT2D eigenvalue weighted by atomic mass is 16.4. The topological polar surface area (TPSA) is 303 Å². The number of primary amides is 1. The van der Waals surface area contributed by atoms with Crippen molar-refractivity contribution in [1.29, 1.82) is 0 Å². The lowest BCUT2D eigenvalue weighted by Crippen LogP contribution is -2.58. The van der Waals surface area contributed by atoms with Crippen LogP contribution in [0.15, 0.2) is 48.0 Å². The Labute approximate surface area is 251 Å². The van der Waals surface area contributed by atoms with E-state index in [2.05, 4.69) is 35.9 Å². The number of H-pyrrole nitrogens is 2. The first-order chi connectivity index (χ1) is 20.9. The van der Waals surface area contributed by atoms with Gasteiger partial charge in [0.25, 0.3) is 0 Å². The molecule has 44 heavy (non-hydrogen) atoms. The SMILES string of the molecule is NC(=O)CC(NC(=O)C(N)Cc1c[nH]c2ccccc12)C(=O)NC(Cc1cnc[nH]1)C(=O)NC(CCCN=C(N)N)C(=O)O. The van der Waals surface area contributed by atoms with Gasteiger partial charge in [-0.1, -0.05) is 18.2 Å². The van der Waals surface area contributed by atoms with Crippen LogP contribution in [-0.4, -0.2) is 86.3 Å². The van der Waals surface area contributed by atoms with Crippen LogP contribution in [0.25, 0.3) is 10.9 Å². The van der Waals surface area contributed by atoms with E-state index in [9.17, 15) is 29.1 Å². The highest BCUT2D eigenvalue weighted by Crippen LogP contribution is 2.19. The standard InChI is InChI=1S/C27H37N11O6/c28-17(8-14-11-34-18-5-2-1-4-16(14)18)23(40)37-21(10-22(29)39)25(42)38-20(9-15-12-32-13-35-15)24(41)36-19(26(43)44)6-3-7-33-27(30)31/h1-2,4-5,11-13,17,19-21,34H,3,6-10,28H2,(H2,29,39)(H,32,35)(H,36,41)(H,37,40)(H,38,42)(H,43,44)(H4,30,31,33). The van der Waals surface area contributed by atoms with Crippen molar-refractivity contribution in [3.63, 3.8) is 0 Å². The van der Waals surface area contributed by atoms with E-state index < -0.39 is 60.2 Å². The van der Waals surface area contributed by atoms with Crippen molar-refractivity contribution < 1.29 is 29.1 Å². The van der Waals surface area contributed by atoms with Gasteiger partial charge in [0, 0.05) is 42.0 Å². The number of aliphatic carboxylic acids is 1. The molecular weight excluding hydrogens is 574 g/mol. The normalized spacial score (nSPS) is 13.7. The van der Waals surface area contributed by atoms with Crippen LogP contribution in [0.5, 0.6) is 0 Å². The Morgan fingerprint density at radius 3 is 2.25 bits per heavy atom. The van der Waals surface area contributed by atoms with E-state index in [1.807, 2.05) is 24.3 Å². The maximum Gasteiger partial charge on any atom is 0.326 e. The summed E-state index contributed by atoms with van der Waals surface area (Å²) in [6.45, 7) is 0.146. The number of fused-ring (bicyclic) bond motifs is 1. The zero-order chi connectivity index (χ0) is 32.2. The molecule has 236 valence electrons. The van der Waals surface area contributed by atoms with Crippen molar-refractivity contribution in [2.24, 2.45) is 27.9 Å². The number of aromatic amines is 2. The number of aliphatic imine (C=N–C) groups is 1. The number of amides is 4. The fourth-order valence-corrected chi connectivity index (χ4v) is 4.45. The average Bonchev–Trinajstić information content (AvgIpc) is 3.63. The van der Waals surface area contributed by atoms with Crippen LogP contribution in [-0.2, 0) is 36.8 Å². The molecule has 4 atom stereocenters. The van der Waals surface area contributed by atoms with Gasteiger partial charge in [0.1, 0.15) is 18.1 Å². The predicted octanol–water partition coefficient (Wildman–Crippen LogP) is -2.53. The number of imidazole rings is 1. The number of aromatic nitrogens is 3. The number of nitrogens with zero attached hydrogens (tertiary/aromatic N) is 2. The van der Waals surface area contributed by atoms with Gasteiger partial charge in [-0.15, -0.1) is 0 Å². The van der Waals surface area contributed by atoms with Gasteiger partial charge in [0.05, 0.1) is 18.8 Å². The Bertz CT molecular complexity index is 1480. The molecule has 17 nitrogen and oxygen atoms in total. The summed E-state index contributed by atoms with van der Waals surface area (Å²) in [5.41, 5.74) is 24.1. The third-order valence-electron chi connectivity index (χ3n) is 6.66. The monoisotopic (exact) mass is 611 g/mol. The predicted molar refractivity (Wildman–Crippen MR) is 159 cm³/mol. The summed E-state index contributed by atoms with van der Waals surface area (Å²) in [7, 11) is 0. The molecule has 3 rings (SSSR count). The molecule has 0 saturated carbocycles. The molecular formula is C27H37N11O6. The summed E-state index contributed by atoms with van der Waals surface area (Å²) in [6, 6.07) is 2.25. The van der Waals surface area contributed by atoms with E-state index in [4.69, 9.17) is 22.9 Å². The van der Waals surface area contributed by atoms with E-state index in [-0.39, 0.29) is 38.2 Å². The third kappa shape index (κ3) is 9.83. The number of carboxylic acid groups (broad SMARTS) is 1. The number of rotatable bonds is 17. The summed E-state index contributed by atoms with van der Waals surface area (Å²) in [4.78, 5) is 76.8. The number of carboxylic acids is 1. The maximum absolute atomic E-state index is 13.3. The fraction of sp³-hybridized carbons (Fsp3) is 0.370. The number of hydrogen-bond donors (Lipinski definition) is 10. The van der Waals surface area contributed by atoms with Gasteiger partial charge in [-0.3, -0.25) is 24.2 Å². The first-order valence-corrected chi connectivity index (χ1v) is 13.7. The summed E-state index contributed by atoms with van der Waals surface area (Å²) in [6.07, 6.45) is 4.19. The van der Waals surface area contributed by atoms with Gasteiger partial charge in [-0.25, -0.2) is 9.78 Å². The van der Waals surface area contributed by atoms with Gasteiger partial charge in [0.2, 0.25) is 23.6 Å². The van der Waals surface area contributed by atoms with Crippen molar-refractivity contribution in [3.8, 4) is 0 Å². The van der Waals surface area contributed by atoms with Crippen LogP contribution in [0.2, 0.25) is 0 Å². The second-order valence-corrected chi connectivity index (χ2v) is 10.1. The van der Waals surface area contributed by atoms with E-state index in [1.165, 1.54) is 12.5 Å². The summed E-state index contributed by atoms with van der Waals surface area (Å²) in [5.74, 6) is -4.81. The molecule has 0 aliphatic heterocycles. The van der Waals surface area contributed by atoms with Crippen LogP contribution < -0.4 is 38.9 Å². The van der Waals surface area contributed by atoms with E-state index in [0.29, 0.717) is 5.69 Å². The third-order valence-corrected chi connectivity index (χ3v) is 6.66. The minimum atomic E-state index is -1.47.